The number of hydrogen-bond acceptors (Lipinski definition) is 4. The molecule has 0 aliphatic heterocycles. The van der Waals surface area contributed by atoms with Crippen LogP contribution in [-0.4, -0.2) is 4.98 Å². The van der Waals surface area contributed by atoms with Crippen molar-refractivity contribution < 1.29 is 4.74 Å². The first kappa shape index (κ1) is 14.9. The second-order valence-electron chi connectivity index (χ2n) is 5.41. The fourth-order valence-electron chi connectivity index (χ4n) is 2.13. The number of ether oxygens (including phenoxy) is 1. The molecule has 1 aromatic heterocycles. The first-order chi connectivity index (χ1) is 10.1. The summed E-state index contributed by atoms with van der Waals surface area (Å²) in [5.41, 5.74) is 8.89. The highest BCUT2D eigenvalue weighted by atomic mass is 16.5. The van der Waals surface area contributed by atoms with E-state index in [-0.39, 0.29) is 0 Å². The zero-order valence-electron chi connectivity index (χ0n) is 12.3. The molecule has 1 aromatic carbocycles. The number of pyridine rings is 1. The summed E-state index contributed by atoms with van der Waals surface area (Å²) in [7, 11) is 0. The zero-order valence-corrected chi connectivity index (χ0v) is 12.3. The average Bonchev–Trinajstić information content (AvgIpc) is 2.48. The summed E-state index contributed by atoms with van der Waals surface area (Å²) in [6.07, 6.45) is 4.35. The molecule has 0 radical (unpaired) electrons. The molecular weight excluding hydrogens is 262 g/mol. The van der Waals surface area contributed by atoms with Crippen LogP contribution in [0.3, 0.4) is 0 Å². The topological polar surface area (TPSA) is 71.9 Å². The van der Waals surface area contributed by atoms with Crippen molar-refractivity contribution in [1.29, 1.82) is 5.26 Å². The van der Waals surface area contributed by atoms with Gasteiger partial charge in [0.15, 0.2) is 0 Å². The highest BCUT2D eigenvalue weighted by Gasteiger charge is 2.10. The van der Waals surface area contributed by atoms with Gasteiger partial charge in [-0.2, -0.15) is 5.26 Å². The fourth-order valence-corrected chi connectivity index (χ4v) is 2.13. The molecule has 21 heavy (non-hydrogen) atoms. The van der Waals surface area contributed by atoms with Gasteiger partial charge < -0.3 is 10.5 Å². The van der Waals surface area contributed by atoms with Crippen LogP contribution in [0.4, 0.5) is 5.69 Å². The molecule has 4 nitrogen and oxygen atoms in total. The van der Waals surface area contributed by atoms with E-state index in [9.17, 15) is 5.26 Å². The van der Waals surface area contributed by atoms with E-state index in [0.717, 1.165) is 17.5 Å². The first-order valence-corrected chi connectivity index (χ1v) is 6.94. The predicted molar refractivity (Wildman–Crippen MR) is 82.7 cm³/mol. The Hall–Kier alpha value is -2.54. The standard InChI is InChI=1S/C17H19N3O/c1-12(2)6-14-7-15(9-18)17(19)16(8-14)21-11-13-4-3-5-20-10-13/h3-5,7-8,10,12H,6,11,19H2,1-2H3. The van der Waals surface area contributed by atoms with Gasteiger partial charge in [-0.15, -0.1) is 0 Å². The maximum absolute atomic E-state index is 9.19. The summed E-state index contributed by atoms with van der Waals surface area (Å²) < 4.78 is 5.77. The summed E-state index contributed by atoms with van der Waals surface area (Å²) in [6, 6.07) is 9.69. The highest BCUT2D eigenvalue weighted by Crippen LogP contribution is 2.29. The smallest absolute Gasteiger partial charge is 0.144 e. The van der Waals surface area contributed by atoms with Crippen molar-refractivity contribution in [2.75, 3.05) is 5.73 Å². The molecule has 0 saturated carbocycles. The van der Waals surface area contributed by atoms with Crippen LogP contribution in [0.25, 0.3) is 0 Å². The third-order valence-electron chi connectivity index (χ3n) is 3.08. The third kappa shape index (κ3) is 3.96. The average molecular weight is 281 g/mol. The van der Waals surface area contributed by atoms with Gasteiger partial charge in [-0.1, -0.05) is 19.9 Å². The van der Waals surface area contributed by atoms with Crippen molar-refractivity contribution in [3.05, 3.63) is 53.3 Å². The number of rotatable bonds is 5. The maximum Gasteiger partial charge on any atom is 0.144 e. The summed E-state index contributed by atoms with van der Waals surface area (Å²) >= 11 is 0. The van der Waals surface area contributed by atoms with Gasteiger partial charge in [0, 0.05) is 18.0 Å². The van der Waals surface area contributed by atoms with E-state index in [0.29, 0.717) is 29.5 Å². The van der Waals surface area contributed by atoms with E-state index in [2.05, 4.69) is 24.9 Å². The molecule has 0 bridgehead atoms. The Kier molecular flexibility index (Phi) is 4.78. The largest absolute Gasteiger partial charge is 0.487 e. The minimum Gasteiger partial charge on any atom is -0.487 e. The van der Waals surface area contributed by atoms with Gasteiger partial charge in [-0.05, 0) is 36.1 Å². The number of nitrogens with zero attached hydrogens (tertiary/aromatic N) is 2. The molecular formula is C17H19N3O. The lowest BCUT2D eigenvalue weighted by Gasteiger charge is -2.13. The molecule has 2 N–H and O–H groups in total. The number of benzene rings is 1. The van der Waals surface area contributed by atoms with Gasteiger partial charge in [0.25, 0.3) is 0 Å². The van der Waals surface area contributed by atoms with Crippen LogP contribution in [0.15, 0.2) is 36.7 Å². The number of nitrogen functional groups attached to an aromatic ring is 1. The molecule has 2 rings (SSSR count). The molecule has 1 heterocycles. The van der Waals surface area contributed by atoms with Gasteiger partial charge in [-0.25, -0.2) is 0 Å². The van der Waals surface area contributed by atoms with Crippen molar-refractivity contribution in [2.45, 2.75) is 26.9 Å². The van der Waals surface area contributed by atoms with Crippen LogP contribution in [0.2, 0.25) is 0 Å². The second-order valence-corrected chi connectivity index (χ2v) is 5.41. The van der Waals surface area contributed by atoms with E-state index >= 15 is 0 Å². The Bertz CT molecular complexity index is 645. The van der Waals surface area contributed by atoms with Gasteiger partial charge in [-0.3, -0.25) is 4.98 Å². The molecule has 0 amide bonds. The molecule has 0 spiro atoms. The molecule has 4 heteroatoms. The first-order valence-electron chi connectivity index (χ1n) is 6.94. The number of nitriles is 1. The summed E-state index contributed by atoms with van der Waals surface area (Å²) in [5.74, 6) is 1.07. The Morgan fingerprint density at radius 3 is 2.76 bits per heavy atom. The number of aromatic nitrogens is 1. The Morgan fingerprint density at radius 1 is 1.33 bits per heavy atom. The van der Waals surface area contributed by atoms with E-state index in [4.69, 9.17) is 10.5 Å². The molecule has 0 atom stereocenters. The number of anilines is 1. The molecule has 0 aliphatic rings. The van der Waals surface area contributed by atoms with Crippen LogP contribution in [0.5, 0.6) is 5.75 Å². The maximum atomic E-state index is 9.19. The second kappa shape index (κ2) is 6.76. The van der Waals surface area contributed by atoms with E-state index in [1.807, 2.05) is 24.3 Å². The summed E-state index contributed by atoms with van der Waals surface area (Å²) in [4.78, 5) is 4.05. The van der Waals surface area contributed by atoms with Crippen LogP contribution in [0, 0.1) is 17.2 Å². The molecule has 0 aliphatic carbocycles. The lowest BCUT2D eigenvalue weighted by molar-refractivity contribution is 0.307. The van der Waals surface area contributed by atoms with E-state index < -0.39 is 0 Å². The van der Waals surface area contributed by atoms with Gasteiger partial charge in [0.2, 0.25) is 0 Å². The SMILES string of the molecule is CC(C)Cc1cc(C#N)c(N)c(OCc2cccnc2)c1. The van der Waals surface area contributed by atoms with E-state index in [1.54, 1.807) is 12.4 Å². The zero-order chi connectivity index (χ0) is 15.2. The molecule has 0 saturated heterocycles. The van der Waals surface area contributed by atoms with Crippen LogP contribution in [0.1, 0.15) is 30.5 Å². The molecule has 2 aromatic rings. The highest BCUT2D eigenvalue weighted by molar-refractivity contribution is 5.64. The summed E-state index contributed by atoms with van der Waals surface area (Å²) in [6.45, 7) is 4.66. The van der Waals surface area contributed by atoms with E-state index in [1.165, 1.54) is 0 Å². The van der Waals surface area contributed by atoms with Crippen molar-refractivity contribution >= 4 is 5.69 Å². The fraction of sp³-hybridized carbons (Fsp3) is 0.294. The van der Waals surface area contributed by atoms with Gasteiger partial charge in [0.1, 0.15) is 18.4 Å². The minimum atomic E-state index is 0.383. The number of hydrogen-bond donors (Lipinski definition) is 1. The quantitative estimate of drug-likeness (QED) is 0.853. The van der Waals surface area contributed by atoms with Crippen LogP contribution >= 0.6 is 0 Å². The van der Waals surface area contributed by atoms with Crippen LogP contribution < -0.4 is 10.5 Å². The van der Waals surface area contributed by atoms with Crippen molar-refractivity contribution in [1.82, 2.24) is 4.98 Å². The van der Waals surface area contributed by atoms with Crippen molar-refractivity contribution in [2.24, 2.45) is 5.92 Å². The number of nitrogens with two attached hydrogens (primary N) is 1. The third-order valence-corrected chi connectivity index (χ3v) is 3.08. The minimum absolute atomic E-state index is 0.383. The Morgan fingerprint density at radius 2 is 2.14 bits per heavy atom. The monoisotopic (exact) mass is 281 g/mol. The lowest BCUT2D eigenvalue weighted by atomic mass is 10.00. The lowest BCUT2D eigenvalue weighted by Crippen LogP contribution is -2.03. The Balaban J connectivity index is 2.23. The normalized spacial score (nSPS) is 10.4. The molecule has 0 unspecified atom stereocenters. The van der Waals surface area contributed by atoms with Gasteiger partial charge >= 0.3 is 0 Å². The van der Waals surface area contributed by atoms with Crippen molar-refractivity contribution in [3.8, 4) is 11.8 Å². The predicted octanol–water partition coefficient (Wildman–Crippen LogP) is 3.31. The summed E-state index contributed by atoms with van der Waals surface area (Å²) in [5, 5.41) is 9.19. The molecule has 108 valence electrons. The Labute approximate surface area is 125 Å². The molecule has 0 fully saturated rings. The van der Waals surface area contributed by atoms with Crippen molar-refractivity contribution in [3.63, 3.8) is 0 Å². The van der Waals surface area contributed by atoms with Crippen LogP contribution in [-0.2, 0) is 13.0 Å². The van der Waals surface area contributed by atoms with Gasteiger partial charge in [0.05, 0.1) is 11.3 Å².